The minimum Gasteiger partial charge on any atom is -0.335 e. The third-order valence-electron chi connectivity index (χ3n) is 3.17. The van der Waals surface area contributed by atoms with Gasteiger partial charge in [-0.3, -0.25) is 14.3 Å². The summed E-state index contributed by atoms with van der Waals surface area (Å²) in [5, 5.41) is 0.126. The summed E-state index contributed by atoms with van der Waals surface area (Å²) in [5.41, 5.74) is -0.387. The van der Waals surface area contributed by atoms with Crippen LogP contribution in [0.2, 0.25) is 5.15 Å². The van der Waals surface area contributed by atoms with Crippen molar-refractivity contribution in [1.29, 1.82) is 0 Å². The van der Waals surface area contributed by atoms with Crippen LogP contribution in [0.25, 0.3) is 0 Å². The number of nitrogens with zero attached hydrogens (tertiary/aromatic N) is 3. The molecule has 0 aliphatic rings. The Balaban J connectivity index is 2.48. The number of rotatable bonds is 4. The van der Waals surface area contributed by atoms with Crippen molar-refractivity contribution in [3.8, 4) is 0 Å². The molecule has 0 bridgehead atoms. The summed E-state index contributed by atoms with van der Waals surface area (Å²) in [6.07, 6.45) is 5.09. The molecule has 20 heavy (non-hydrogen) atoms. The summed E-state index contributed by atoms with van der Waals surface area (Å²) in [5.74, 6) is -0.0569. The van der Waals surface area contributed by atoms with Gasteiger partial charge in [-0.15, -0.1) is 0 Å². The zero-order valence-electron chi connectivity index (χ0n) is 11.6. The molecule has 0 saturated carbocycles. The second-order valence-corrected chi connectivity index (χ2v) is 5.47. The molecular weight excluding hydrogens is 280 g/mol. The van der Waals surface area contributed by atoms with Gasteiger partial charge in [-0.05, 0) is 12.8 Å². The highest BCUT2D eigenvalue weighted by Gasteiger charge is 2.19. The van der Waals surface area contributed by atoms with Gasteiger partial charge in [-0.25, -0.2) is 9.78 Å². The molecule has 0 amide bonds. The maximum absolute atomic E-state index is 12.5. The summed E-state index contributed by atoms with van der Waals surface area (Å²) >= 11 is 5.97. The molecule has 7 heteroatoms. The van der Waals surface area contributed by atoms with Crippen LogP contribution < -0.4 is 11.2 Å². The molecule has 0 spiro atoms. The van der Waals surface area contributed by atoms with Crippen molar-refractivity contribution in [3.05, 3.63) is 50.3 Å². The van der Waals surface area contributed by atoms with Crippen LogP contribution in [-0.2, 0) is 6.54 Å². The molecule has 0 aromatic carbocycles. The number of aromatic nitrogens is 4. The number of nitrogens with one attached hydrogen (secondary N) is 1. The molecule has 6 nitrogen and oxygen atoms in total. The Kier molecular flexibility index (Phi) is 4.13. The van der Waals surface area contributed by atoms with Crippen LogP contribution in [0.4, 0.5) is 0 Å². The van der Waals surface area contributed by atoms with E-state index in [2.05, 4.69) is 9.97 Å². The Morgan fingerprint density at radius 2 is 2.05 bits per heavy atom. The zero-order valence-corrected chi connectivity index (χ0v) is 12.4. The van der Waals surface area contributed by atoms with E-state index in [1.54, 1.807) is 18.7 Å². The predicted octanol–water partition coefficient (Wildman–Crippen LogP) is 1.77. The largest absolute Gasteiger partial charge is 0.335 e. The molecular formula is C13H17ClN4O2. The Hall–Kier alpha value is -1.82. The average molecular weight is 297 g/mol. The molecule has 108 valence electrons. The minimum atomic E-state index is -0.489. The maximum Gasteiger partial charge on any atom is 0.329 e. The lowest BCUT2D eigenvalue weighted by molar-refractivity contribution is 0.432. The molecule has 0 fully saturated rings. The lowest BCUT2D eigenvalue weighted by Gasteiger charge is -2.17. The first-order chi connectivity index (χ1) is 9.41. The van der Waals surface area contributed by atoms with Crippen molar-refractivity contribution in [2.24, 2.45) is 0 Å². The molecule has 2 aromatic rings. The van der Waals surface area contributed by atoms with Gasteiger partial charge >= 0.3 is 5.69 Å². The lowest BCUT2D eigenvalue weighted by Crippen LogP contribution is -2.40. The third-order valence-corrected chi connectivity index (χ3v) is 3.47. The van der Waals surface area contributed by atoms with Gasteiger partial charge in [0.1, 0.15) is 5.15 Å². The zero-order chi connectivity index (χ0) is 14.9. The van der Waals surface area contributed by atoms with Crippen molar-refractivity contribution in [2.75, 3.05) is 0 Å². The summed E-state index contributed by atoms with van der Waals surface area (Å²) < 4.78 is 3.03. The first-order valence-electron chi connectivity index (χ1n) is 6.41. The van der Waals surface area contributed by atoms with Gasteiger partial charge < -0.3 is 4.57 Å². The molecule has 0 radical (unpaired) electrons. The van der Waals surface area contributed by atoms with Gasteiger partial charge in [-0.2, -0.15) is 0 Å². The number of imidazole rings is 1. The van der Waals surface area contributed by atoms with Gasteiger partial charge in [0.2, 0.25) is 0 Å². The summed E-state index contributed by atoms with van der Waals surface area (Å²) in [7, 11) is 0. The van der Waals surface area contributed by atoms with E-state index in [1.165, 1.54) is 4.57 Å². The standard InChI is InChI=1S/C13H17ClN4O2/c1-8(2)10-11(14)16-13(20)18(12(10)19)9(3)6-17-5-4-15-7-17/h4-5,7-9H,6H2,1-3H3,(H,16,20). The lowest BCUT2D eigenvalue weighted by atomic mass is 10.1. The van der Waals surface area contributed by atoms with Crippen LogP contribution in [0, 0.1) is 0 Å². The maximum atomic E-state index is 12.5. The SMILES string of the molecule is CC(C)c1c(Cl)[nH]c(=O)n(C(C)Cn2ccnc2)c1=O. The minimum absolute atomic E-state index is 0.0569. The number of hydrogen-bond donors (Lipinski definition) is 1. The third kappa shape index (κ3) is 2.70. The second-order valence-electron chi connectivity index (χ2n) is 5.10. The van der Waals surface area contributed by atoms with Crippen molar-refractivity contribution < 1.29 is 0 Å². The Morgan fingerprint density at radius 1 is 1.35 bits per heavy atom. The number of hydrogen-bond acceptors (Lipinski definition) is 3. The Morgan fingerprint density at radius 3 is 2.60 bits per heavy atom. The molecule has 0 aliphatic heterocycles. The number of halogens is 1. The molecule has 1 unspecified atom stereocenters. The van der Waals surface area contributed by atoms with Crippen molar-refractivity contribution in [2.45, 2.75) is 39.3 Å². The summed E-state index contributed by atoms with van der Waals surface area (Å²) in [4.78, 5) is 30.9. The highest BCUT2D eigenvalue weighted by atomic mass is 35.5. The van der Waals surface area contributed by atoms with Gasteiger partial charge in [0, 0.05) is 18.9 Å². The summed E-state index contributed by atoms with van der Waals surface area (Å²) in [6.45, 7) is 6.04. The van der Waals surface area contributed by atoms with E-state index in [4.69, 9.17) is 11.6 Å². The van der Waals surface area contributed by atoms with Gasteiger partial charge in [0.05, 0.1) is 17.9 Å². The highest BCUT2D eigenvalue weighted by Crippen LogP contribution is 2.17. The van der Waals surface area contributed by atoms with E-state index in [1.807, 2.05) is 25.3 Å². The van der Waals surface area contributed by atoms with Crippen LogP contribution in [0.15, 0.2) is 28.3 Å². The van der Waals surface area contributed by atoms with Gasteiger partial charge in [0.15, 0.2) is 0 Å². The van der Waals surface area contributed by atoms with Crippen LogP contribution >= 0.6 is 11.6 Å². The van der Waals surface area contributed by atoms with Crippen LogP contribution in [0.5, 0.6) is 0 Å². The van der Waals surface area contributed by atoms with E-state index >= 15 is 0 Å². The first-order valence-corrected chi connectivity index (χ1v) is 6.79. The van der Waals surface area contributed by atoms with Crippen LogP contribution in [0.1, 0.15) is 38.3 Å². The fourth-order valence-corrected chi connectivity index (χ4v) is 2.60. The van der Waals surface area contributed by atoms with Crippen molar-refractivity contribution in [1.82, 2.24) is 19.1 Å². The van der Waals surface area contributed by atoms with Crippen LogP contribution in [0.3, 0.4) is 0 Å². The second kappa shape index (κ2) is 5.66. The van der Waals surface area contributed by atoms with E-state index in [-0.39, 0.29) is 22.7 Å². The molecule has 1 N–H and O–H groups in total. The molecule has 2 rings (SSSR count). The Labute approximate surface area is 121 Å². The van der Waals surface area contributed by atoms with E-state index in [0.717, 1.165) is 0 Å². The molecule has 2 aromatic heterocycles. The molecule has 0 aliphatic carbocycles. The first kappa shape index (κ1) is 14.6. The quantitative estimate of drug-likeness (QED) is 0.874. The predicted molar refractivity (Wildman–Crippen MR) is 77.4 cm³/mol. The number of aromatic amines is 1. The average Bonchev–Trinajstić information content (AvgIpc) is 2.79. The molecule has 2 heterocycles. The smallest absolute Gasteiger partial charge is 0.329 e. The van der Waals surface area contributed by atoms with Gasteiger partial charge in [0.25, 0.3) is 5.56 Å². The number of H-pyrrole nitrogens is 1. The van der Waals surface area contributed by atoms with E-state index in [9.17, 15) is 9.59 Å². The fraction of sp³-hybridized carbons (Fsp3) is 0.462. The summed E-state index contributed by atoms with van der Waals surface area (Å²) in [6, 6.07) is -0.296. The van der Waals surface area contributed by atoms with E-state index < -0.39 is 5.69 Å². The molecule has 0 saturated heterocycles. The Bertz CT molecular complexity index is 700. The normalized spacial score (nSPS) is 12.8. The fourth-order valence-electron chi connectivity index (χ4n) is 2.22. The van der Waals surface area contributed by atoms with Crippen molar-refractivity contribution >= 4 is 11.6 Å². The topological polar surface area (TPSA) is 72.7 Å². The van der Waals surface area contributed by atoms with Crippen molar-refractivity contribution in [3.63, 3.8) is 0 Å². The molecule has 1 atom stereocenters. The van der Waals surface area contributed by atoms with E-state index in [0.29, 0.717) is 12.1 Å². The highest BCUT2D eigenvalue weighted by molar-refractivity contribution is 6.30. The van der Waals surface area contributed by atoms with Crippen LogP contribution in [-0.4, -0.2) is 19.1 Å². The van der Waals surface area contributed by atoms with Gasteiger partial charge in [-0.1, -0.05) is 25.4 Å². The monoisotopic (exact) mass is 296 g/mol.